The SMILES string of the molecule is CCN(C)CC(=O)OB(OC=O)c1ccc(OCc2cccc(C3C(C)=C(F)C(OCCC(C)(C)O)=CC3C)c2)cc1. The van der Waals surface area contributed by atoms with Crippen molar-refractivity contribution in [3.8, 4) is 5.75 Å². The summed E-state index contributed by atoms with van der Waals surface area (Å²) >= 11 is 0. The van der Waals surface area contributed by atoms with Gasteiger partial charge >= 0.3 is 13.1 Å². The monoisotopic (exact) mass is 581 g/mol. The van der Waals surface area contributed by atoms with Crippen LogP contribution in [0.15, 0.2) is 71.8 Å². The molecule has 0 aromatic heterocycles. The summed E-state index contributed by atoms with van der Waals surface area (Å²) in [6, 6.07) is 14.6. The van der Waals surface area contributed by atoms with E-state index in [0.717, 1.165) is 11.1 Å². The van der Waals surface area contributed by atoms with Crippen LogP contribution in [0.5, 0.6) is 5.75 Å². The average molecular weight is 581 g/mol. The molecule has 2 aromatic rings. The Morgan fingerprint density at radius 2 is 1.88 bits per heavy atom. The number of ether oxygens (including phenoxy) is 2. The van der Waals surface area contributed by atoms with Crippen molar-refractivity contribution in [2.24, 2.45) is 5.92 Å². The van der Waals surface area contributed by atoms with Crippen molar-refractivity contribution in [2.45, 2.75) is 59.2 Å². The number of hydrogen-bond acceptors (Lipinski definition) is 8. The molecule has 0 saturated heterocycles. The molecule has 0 saturated carbocycles. The molecule has 1 aliphatic carbocycles. The second kappa shape index (κ2) is 15.0. The molecule has 42 heavy (non-hydrogen) atoms. The first-order chi connectivity index (χ1) is 19.9. The molecule has 1 N–H and O–H groups in total. The molecule has 0 heterocycles. The van der Waals surface area contributed by atoms with Crippen LogP contribution in [0.3, 0.4) is 0 Å². The molecule has 226 valence electrons. The van der Waals surface area contributed by atoms with Crippen LogP contribution in [0.25, 0.3) is 0 Å². The molecule has 0 amide bonds. The number of nitrogens with zero attached hydrogens (tertiary/aromatic N) is 1. The van der Waals surface area contributed by atoms with Gasteiger partial charge in [0.25, 0.3) is 6.47 Å². The van der Waals surface area contributed by atoms with E-state index in [1.165, 1.54) is 0 Å². The lowest BCUT2D eigenvalue weighted by molar-refractivity contribution is -0.137. The van der Waals surface area contributed by atoms with E-state index in [1.807, 2.05) is 44.2 Å². The number of rotatable bonds is 15. The van der Waals surface area contributed by atoms with Crippen LogP contribution < -0.4 is 10.2 Å². The Kier molecular flexibility index (Phi) is 11.8. The second-order valence-corrected chi connectivity index (χ2v) is 11.3. The highest BCUT2D eigenvalue weighted by molar-refractivity contribution is 6.63. The molecule has 2 unspecified atom stereocenters. The third-order valence-corrected chi connectivity index (χ3v) is 7.16. The summed E-state index contributed by atoms with van der Waals surface area (Å²) in [4.78, 5) is 24.9. The van der Waals surface area contributed by atoms with Gasteiger partial charge in [-0.15, -0.1) is 0 Å². The largest absolute Gasteiger partial charge is 0.636 e. The molecular formula is C32H41BFNO7. The van der Waals surface area contributed by atoms with Gasteiger partial charge in [0.15, 0.2) is 11.6 Å². The lowest BCUT2D eigenvalue weighted by atomic mass is 9.78. The smallest absolute Gasteiger partial charge is 0.498 e. The van der Waals surface area contributed by atoms with Crippen LogP contribution >= 0.6 is 0 Å². The van der Waals surface area contributed by atoms with Gasteiger partial charge in [0.05, 0.1) is 18.8 Å². The maximum absolute atomic E-state index is 15.3. The van der Waals surface area contributed by atoms with Gasteiger partial charge in [-0.3, -0.25) is 14.5 Å². The van der Waals surface area contributed by atoms with E-state index in [1.54, 1.807) is 57.0 Å². The molecule has 0 fully saturated rings. The molecule has 2 atom stereocenters. The Morgan fingerprint density at radius 1 is 1.17 bits per heavy atom. The number of carbonyl (C=O) groups is 2. The number of aliphatic hydroxyl groups is 1. The minimum Gasteiger partial charge on any atom is -0.498 e. The van der Waals surface area contributed by atoms with Crippen LogP contribution in [0.4, 0.5) is 4.39 Å². The predicted molar refractivity (Wildman–Crippen MR) is 160 cm³/mol. The first kappa shape index (κ1) is 32.9. The molecule has 0 bridgehead atoms. The summed E-state index contributed by atoms with van der Waals surface area (Å²) in [6.07, 6.45) is 2.21. The fourth-order valence-electron chi connectivity index (χ4n) is 4.69. The number of hydrogen-bond donors (Lipinski definition) is 1. The van der Waals surface area contributed by atoms with Crippen LogP contribution in [0.1, 0.15) is 58.1 Å². The van der Waals surface area contributed by atoms with E-state index in [-0.39, 0.29) is 49.7 Å². The number of allylic oxidation sites excluding steroid dienone is 3. The highest BCUT2D eigenvalue weighted by atomic mass is 19.1. The van der Waals surface area contributed by atoms with Gasteiger partial charge < -0.3 is 23.9 Å². The lowest BCUT2D eigenvalue weighted by Crippen LogP contribution is -2.41. The molecule has 0 radical (unpaired) electrons. The molecule has 10 heteroatoms. The fraction of sp³-hybridized carbons (Fsp3) is 0.438. The number of likely N-dealkylation sites (N-methyl/N-ethyl adjacent to an activating group) is 1. The van der Waals surface area contributed by atoms with E-state index in [4.69, 9.17) is 18.8 Å². The third kappa shape index (κ3) is 9.46. The van der Waals surface area contributed by atoms with E-state index in [2.05, 4.69) is 0 Å². The number of halogens is 1. The maximum atomic E-state index is 15.3. The number of benzene rings is 2. The van der Waals surface area contributed by atoms with Gasteiger partial charge in [0.2, 0.25) is 0 Å². The van der Waals surface area contributed by atoms with Crippen molar-refractivity contribution in [2.75, 3.05) is 26.7 Å². The van der Waals surface area contributed by atoms with Gasteiger partial charge in [-0.25, -0.2) is 4.39 Å². The summed E-state index contributed by atoms with van der Waals surface area (Å²) in [5.41, 5.74) is 2.12. The first-order valence-electron chi connectivity index (χ1n) is 14.1. The van der Waals surface area contributed by atoms with E-state index in [0.29, 0.717) is 29.8 Å². The number of carbonyl (C=O) groups excluding carboxylic acids is 2. The quantitative estimate of drug-likeness (QED) is 0.240. The summed E-state index contributed by atoms with van der Waals surface area (Å²) in [7, 11) is 0.636. The van der Waals surface area contributed by atoms with Crippen LogP contribution in [-0.2, 0) is 30.2 Å². The Balaban J connectivity index is 1.64. The van der Waals surface area contributed by atoms with Gasteiger partial charge in [0, 0.05) is 17.8 Å². The molecule has 2 aromatic carbocycles. The third-order valence-electron chi connectivity index (χ3n) is 7.16. The zero-order valence-electron chi connectivity index (χ0n) is 25.3. The average Bonchev–Trinajstić information content (AvgIpc) is 2.94. The van der Waals surface area contributed by atoms with Crippen molar-refractivity contribution in [3.05, 3.63) is 82.9 Å². The van der Waals surface area contributed by atoms with Crippen molar-refractivity contribution >= 4 is 25.0 Å². The maximum Gasteiger partial charge on any atom is 0.636 e. The molecule has 0 spiro atoms. The Hall–Kier alpha value is -3.63. The first-order valence-corrected chi connectivity index (χ1v) is 14.1. The van der Waals surface area contributed by atoms with Gasteiger partial charge in [0.1, 0.15) is 12.4 Å². The predicted octanol–water partition coefficient (Wildman–Crippen LogP) is 4.67. The van der Waals surface area contributed by atoms with Gasteiger partial charge in [-0.1, -0.05) is 50.2 Å². The van der Waals surface area contributed by atoms with Crippen molar-refractivity contribution in [1.82, 2.24) is 4.90 Å². The molecular weight excluding hydrogens is 540 g/mol. The summed E-state index contributed by atoms with van der Waals surface area (Å²) in [5.74, 6) is -0.213. The molecule has 3 rings (SSSR count). The van der Waals surface area contributed by atoms with Crippen LogP contribution in [-0.4, -0.2) is 61.9 Å². The summed E-state index contributed by atoms with van der Waals surface area (Å²) < 4.78 is 37.2. The molecule has 0 aliphatic heterocycles. The highest BCUT2D eigenvalue weighted by Crippen LogP contribution is 2.41. The standard InChI is InChI=1S/C32H41BFNO7/c1-7-35(6)19-29(37)42-33(41-21-36)26-11-13-27(14-12-26)40-20-24-9-8-10-25(18-24)30-22(2)17-28(31(34)23(30)3)39-16-15-32(4,5)38/h8-14,17-18,21-22,30,38H,7,15-16,19-20H2,1-6H3. The molecule has 1 aliphatic rings. The van der Waals surface area contributed by atoms with Crippen LogP contribution in [0.2, 0.25) is 0 Å². The van der Waals surface area contributed by atoms with E-state index >= 15 is 4.39 Å². The Bertz CT molecular complexity index is 1270. The molecule has 8 nitrogen and oxygen atoms in total. The minimum absolute atomic E-state index is 0.00310. The second-order valence-electron chi connectivity index (χ2n) is 11.3. The summed E-state index contributed by atoms with van der Waals surface area (Å²) in [5, 5.41) is 9.91. The lowest BCUT2D eigenvalue weighted by Gasteiger charge is -2.29. The fourth-order valence-corrected chi connectivity index (χ4v) is 4.69. The highest BCUT2D eigenvalue weighted by Gasteiger charge is 2.31. The van der Waals surface area contributed by atoms with Gasteiger partial charge in [-0.2, -0.15) is 0 Å². The Labute approximate surface area is 248 Å². The van der Waals surface area contributed by atoms with Crippen molar-refractivity contribution in [1.29, 1.82) is 0 Å². The van der Waals surface area contributed by atoms with E-state index < -0.39 is 18.7 Å². The minimum atomic E-state index is -1.15. The normalized spacial score (nSPS) is 17.0. The summed E-state index contributed by atoms with van der Waals surface area (Å²) in [6.45, 7) is 10.6. The van der Waals surface area contributed by atoms with E-state index in [9.17, 15) is 14.7 Å². The Morgan fingerprint density at radius 3 is 2.52 bits per heavy atom. The van der Waals surface area contributed by atoms with Crippen molar-refractivity contribution in [3.63, 3.8) is 0 Å². The topological polar surface area (TPSA) is 94.5 Å². The van der Waals surface area contributed by atoms with Crippen LogP contribution in [0, 0.1) is 5.92 Å². The van der Waals surface area contributed by atoms with Gasteiger partial charge in [-0.05, 0) is 75.2 Å². The zero-order chi connectivity index (χ0) is 30.9. The zero-order valence-corrected chi connectivity index (χ0v) is 25.3. The van der Waals surface area contributed by atoms with Crippen molar-refractivity contribution < 1.29 is 37.9 Å².